The zero-order valence-corrected chi connectivity index (χ0v) is 11.8. The van der Waals surface area contributed by atoms with Crippen molar-refractivity contribution in [3.63, 3.8) is 0 Å². The van der Waals surface area contributed by atoms with E-state index in [0.29, 0.717) is 6.42 Å². The molecule has 3 nitrogen and oxygen atoms in total. The zero-order valence-electron chi connectivity index (χ0n) is 10.8. The Labute approximate surface area is 98.6 Å². The molecule has 0 aromatic carbocycles. The Bertz CT molecular complexity index is 302. The number of rotatable bonds is 2. The van der Waals surface area contributed by atoms with E-state index in [2.05, 4.69) is 33.9 Å². The fraction of sp³-hybridized carbons (Fsp3) is 0.750. The molecule has 0 fully saturated rings. The second-order valence-corrected chi connectivity index (χ2v) is 10.7. The molecule has 0 aliphatic heterocycles. The lowest BCUT2D eigenvalue weighted by atomic mass is 10.0. The average molecular weight is 242 g/mol. The third-order valence-corrected chi connectivity index (χ3v) is 7.98. The number of ketones is 1. The van der Waals surface area contributed by atoms with Crippen molar-refractivity contribution in [2.24, 2.45) is 0 Å². The largest absolute Gasteiger partial charge is 0.406 e. The van der Waals surface area contributed by atoms with Crippen LogP contribution in [-0.2, 0) is 9.22 Å². The molecule has 0 saturated carbocycles. The SMILES string of the molecule is CC(C)(C)[Si](C)(C)O[C@H]1C[C@H](O)C=CC1=O. The minimum absolute atomic E-state index is 0.0184. The van der Waals surface area contributed by atoms with Crippen LogP contribution in [0.15, 0.2) is 12.2 Å². The maximum Gasteiger partial charge on any atom is 0.193 e. The highest BCUT2D eigenvalue weighted by Crippen LogP contribution is 2.38. The predicted molar refractivity (Wildman–Crippen MR) is 66.8 cm³/mol. The Balaban J connectivity index is 2.75. The molecule has 0 aromatic heterocycles. The first-order valence-electron chi connectivity index (χ1n) is 5.71. The topological polar surface area (TPSA) is 46.5 Å². The van der Waals surface area contributed by atoms with Crippen molar-refractivity contribution >= 4 is 14.1 Å². The van der Waals surface area contributed by atoms with Crippen LogP contribution in [0.4, 0.5) is 0 Å². The van der Waals surface area contributed by atoms with E-state index in [1.54, 1.807) is 0 Å². The van der Waals surface area contributed by atoms with Gasteiger partial charge in [-0.15, -0.1) is 0 Å². The van der Waals surface area contributed by atoms with Gasteiger partial charge < -0.3 is 9.53 Å². The highest BCUT2D eigenvalue weighted by atomic mass is 28.4. The normalized spacial score (nSPS) is 27.2. The van der Waals surface area contributed by atoms with E-state index < -0.39 is 20.5 Å². The van der Waals surface area contributed by atoms with Gasteiger partial charge in [0.2, 0.25) is 0 Å². The molecule has 0 amide bonds. The number of aliphatic hydroxyl groups excluding tert-OH is 1. The van der Waals surface area contributed by atoms with Crippen LogP contribution in [0.3, 0.4) is 0 Å². The van der Waals surface area contributed by atoms with E-state index in [-0.39, 0.29) is 10.8 Å². The minimum atomic E-state index is -1.93. The van der Waals surface area contributed by atoms with Gasteiger partial charge in [-0.2, -0.15) is 0 Å². The van der Waals surface area contributed by atoms with Crippen molar-refractivity contribution in [3.8, 4) is 0 Å². The quantitative estimate of drug-likeness (QED) is 0.756. The van der Waals surface area contributed by atoms with Crippen LogP contribution < -0.4 is 0 Å². The number of carbonyl (C=O) groups is 1. The van der Waals surface area contributed by atoms with Crippen molar-refractivity contribution in [1.29, 1.82) is 0 Å². The number of aliphatic hydroxyl groups is 1. The third kappa shape index (κ3) is 3.03. The Hall–Kier alpha value is -0.453. The summed E-state index contributed by atoms with van der Waals surface area (Å²) in [5.41, 5.74) is 0. The molecule has 16 heavy (non-hydrogen) atoms. The van der Waals surface area contributed by atoms with Crippen molar-refractivity contribution in [2.45, 2.75) is 57.5 Å². The molecule has 92 valence electrons. The lowest BCUT2D eigenvalue weighted by Crippen LogP contribution is -2.47. The first-order valence-corrected chi connectivity index (χ1v) is 8.62. The molecular formula is C12H22O3Si. The monoisotopic (exact) mass is 242 g/mol. The van der Waals surface area contributed by atoms with Gasteiger partial charge in [0, 0.05) is 6.42 Å². The van der Waals surface area contributed by atoms with Crippen molar-refractivity contribution in [1.82, 2.24) is 0 Å². The predicted octanol–water partition coefficient (Wildman–Crippen LogP) is 2.27. The fourth-order valence-electron chi connectivity index (χ4n) is 1.37. The van der Waals surface area contributed by atoms with Crippen LogP contribution in [0.25, 0.3) is 0 Å². The lowest BCUT2D eigenvalue weighted by molar-refractivity contribution is -0.123. The van der Waals surface area contributed by atoms with E-state index in [1.165, 1.54) is 12.2 Å². The van der Waals surface area contributed by atoms with Gasteiger partial charge in [0.1, 0.15) is 6.10 Å². The highest BCUT2D eigenvalue weighted by molar-refractivity contribution is 6.74. The molecule has 1 aliphatic carbocycles. The zero-order chi connectivity index (χ0) is 12.6. The smallest absolute Gasteiger partial charge is 0.193 e. The van der Waals surface area contributed by atoms with Gasteiger partial charge in [-0.3, -0.25) is 4.79 Å². The number of carbonyl (C=O) groups excluding carboxylic acids is 1. The van der Waals surface area contributed by atoms with Crippen LogP contribution in [0.5, 0.6) is 0 Å². The minimum Gasteiger partial charge on any atom is -0.406 e. The summed E-state index contributed by atoms with van der Waals surface area (Å²) in [5.74, 6) is -0.0184. The van der Waals surface area contributed by atoms with Gasteiger partial charge in [0.25, 0.3) is 0 Å². The first-order chi connectivity index (χ1) is 7.13. The van der Waals surface area contributed by atoms with Gasteiger partial charge in [0.05, 0.1) is 6.10 Å². The Morgan fingerprint density at radius 3 is 2.50 bits per heavy atom. The Morgan fingerprint density at radius 1 is 1.44 bits per heavy atom. The summed E-state index contributed by atoms with van der Waals surface area (Å²) in [6.07, 6.45) is 2.36. The third-order valence-electron chi connectivity index (χ3n) is 3.50. The summed E-state index contributed by atoms with van der Waals surface area (Å²) < 4.78 is 6.00. The average Bonchev–Trinajstić information content (AvgIpc) is 2.09. The molecule has 0 bridgehead atoms. The van der Waals surface area contributed by atoms with Crippen LogP contribution in [0.2, 0.25) is 18.1 Å². The molecule has 0 unspecified atom stereocenters. The maximum atomic E-state index is 11.6. The molecule has 1 aliphatic rings. The molecular weight excluding hydrogens is 220 g/mol. The van der Waals surface area contributed by atoms with Gasteiger partial charge in [-0.25, -0.2) is 0 Å². The van der Waals surface area contributed by atoms with Crippen LogP contribution in [0.1, 0.15) is 27.2 Å². The second kappa shape index (κ2) is 4.43. The first kappa shape index (κ1) is 13.6. The van der Waals surface area contributed by atoms with Gasteiger partial charge in [0.15, 0.2) is 14.1 Å². The van der Waals surface area contributed by atoms with Gasteiger partial charge in [-0.05, 0) is 24.2 Å². The van der Waals surface area contributed by atoms with Gasteiger partial charge >= 0.3 is 0 Å². The van der Waals surface area contributed by atoms with Crippen molar-refractivity contribution in [2.75, 3.05) is 0 Å². The van der Waals surface area contributed by atoms with Crippen LogP contribution in [-0.4, -0.2) is 31.4 Å². The van der Waals surface area contributed by atoms with Crippen molar-refractivity contribution in [3.05, 3.63) is 12.2 Å². The number of hydrogen-bond acceptors (Lipinski definition) is 3. The molecule has 0 aromatic rings. The molecule has 4 heteroatoms. The van der Waals surface area contributed by atoms with E-state index >= 15 is 0 Å². The summed E-state index contributed by atoms with van der Waals surface area (Å²) >= 11 is 0. The van der Waals surface area contributed by atoms with Gasteiger partial charge in [-0.1, -0.05) is 26.8 Å². The fourth-order valence-corrected chi connectivity index (χ4v) is 2.64. The Kier molecular flexibility index (Phi) is 3.77. The summed E-state index contributed by atoms with van der Waals surface area (Å²) in [6.45, 7) is 10.6. The second-order valence-electron chi connectivity index (χ2n) is 5.93. The molecule has 1 N–H and O–H groups in total. The molecule has 1 rings (SSSR count). The number of hydrogen-bond donors (Lipinski definition) is 1. The van der Waals surface area contributed by atoms with E-state index in [0.717, 1.165) is 0 Å². The van der Waals surface area contributed by atoms with E-state index in [4.69, 9.17) is 4.43 Å². The Morgan fingerprint density at radius 2 is 2.00 bits per heavy atom. The summed E-state index contributed by atoms with van der Waals surface area (Å²) in [4.78, 5) is 11.6. The van der Waals surface area contributed by atoms with E-state index in [9.17, 15) is 9.90 Å². The molecule has 0 radical (unpaired) electrons. The molecule has 0 heterocycles. The van der Waals surface area contributed by atoms with Crippen molar-refractivity contribution < 1.29 is 14.3 Å². The maximum absolute atomic E-state index is 11.6. The summed E-state index contributed by atoms with van der Waals surface area (Å²) in [5, 5.41) is 9.58. The lowest BCUT2D eigenvalue weighted by Gasteiger charge is -2.39. The van der Waals surface area contributed by atoms with E-state index in [1.807, 2.05) is 0 Å². The van der Waals surface area contributed by atoms with Crippen LogP contribution in [0, 0.1) is 0 Å². The van der Waals surface area contributed by atoms with Crippen LogP contribution >= 0.6 is 0 Å². The highest BCUT2D eigenvalue weighted by Gasteiger charge is 2.41. The summed E-state index contributed by atoms with van der Waals surface area (Å²) in [6, 6.07) is 0. The summed E-state index contributed by atoms with van der Waals surface area (Å²) in [7, 11) is -1.93. The molecule has 0 saturated heterocycles. The molecule has 2 atom stereocenters. The standard InChI is InChI=1S/C12H22O3Si/c1-12(2,3)16(4,5)15-11-8-9(13)6-7-10(11)14/h6-7,9,11,13H,8H2,1-5H3/t9-,11+/m1/s1. The molecule has 0 spiro atoms.